The third-order valence-electron chi connectivity index (χ3n) is 2.59. The van der Waals surface area contributed by atoms with Crippen LogP contribution >= 0.6 is 23.4 Å². The van der Waals surface area contributed by atoms with E-state index in [9.17, 15) is 9.59 Å². The summed E-state index contributed by atoms with van der Waals surface area (Å²) in [4.78, 5) is 33.1. The number of rotatable bonds is 6. The van der Waals surface area contributed by atoms with Crippen LogP contribution in [0.4, 0.5) is 0 Å². The van der Waals surface area contributed by atoms with Gasteiger partial charge in [0.1, 0.15) is 0 Å². The molecular weight excluding hydrogens is 302 g/mol. The highest BCUT2D eigenvalue weighted by Gasteiger charge is 2.20. The molecule has 0 spiro atoms. The number of aromatic nitrogens is 2. The van der Waals surface area contributed by atoms with Crippen molar-refractivity contribution in [2.45, 2.75) is 18.5 Å². The second-order valence-electron chi connectivity index (χ2n) is 3.76. The molecule has 0 aliphatic carbocycles. The van der Waals surface area contributed by atoms with Crippen molar-refractivity contribution in [2.75, 3.05) is 26.5 Å². The molecule has 0 aliphatic heterocycles. The van der Waals surface area contributed by atoms with Crippen LogP contribution in [-0.2, 0) is 9.53 Å². The van der Waals surface area contributed by atoms with Gasteiger partial charge in [-0.25, -0.2) is 9.97 Å². The highest BCUT2D eigenvalue weighted by molar-refractivity contribution is 7.98. The fraction of sp³-hybridized carbons (Fsp3) is 0.500. The zero-order chi connectivity index (χ0) is 15.1. The predicted molar refractivity (Wildman–Crippen MR) is 77.0 cm³/mol. The Morgan fingerprint density at radius 3 is 2.75 bits per heavy atom. The topological polar surface area (TPSA) is 72.4 Å². The van der Waals surface area contributed by atoms with Crippen molar-refractivity contribution in [1.29, 1.82) is 0 Å². The van der Waals surface area contributed by atoms with E-state index >= 15 is 0 Å². The van der Waals surface area contributed by atoms with Crippen LogP contribution in [0, 0.1) is 0 Å². The van der Waals surface area contributed by atoms with Crippen molar-refractivity contribution in [2.24, 2.45) is 0 Å². The van der Waals surface area contributed by atoms with E-state index in [1.165, 1.54) is 30.0 Å². The summed E-state index contributed by atoms with van der Waals surface area (Å²) in [6.45, 7) is 2.53. The van der Waals surface area contributed by atoms with Crippen LogP contribution in [0.25, 0.3) is 0 Å². The largest absolute Gasteiger partial charge is 0.469 e. The molecule has 0 N–H and O–H groups in total. The molecule has 20 heavy (non-hydrogen) atoms. The van der Waals surface area contributed by atoms with Crippen molar-refractivity contribution in [3.05, 3.63) is 16.9 Å². The first kappa shape index (κ1) is 16.7. The third kappa shape index (κ3) is 4.35. The Bertz CT molecular complexity index is 499. The molecule has 110 valence electrons. The zero-order valence-electron chi connectivity index (χ0n) is 11.6. The van der Waals surface area contributed by atoms with Gasteiger partial charge in [0.2, 0.25) is 0 Å². The second-order valence-corrected chi connectivity index (χ2v) is 4.94. The molecule has 0 saturated carbocycles. The Balaban J connectivity index is 2.87. The lowest BCUT2D eigenvalue weighted by molar-refractivity contribution is -0.140. The molecule has 0 fully saturated rings. The minimum atomic E-state index is -0.366. The lowest BCUT2D eigenvalue weighted by Gasteiger charge is -2.20. The predicted octanol–water partition coefficient (Wildman–Crippen LogP) is 1.88. The number of nitrogens with zero attached hydrogens (tertiary/aromatic N) is 3. The van der Waals surface area contributed by atoms with Crippen LogP contribution in [0.3, 0.4) is 0 Å². The highest BCUT2D eigenvalue weighted by Crippen LogP contribution is 2.18. The van der Waals surface area contributed by atoms with Gasteiger partial charge in [0, 0.05) is 13.1 Å². The monoisotopic (exact) mass is 317 g/mol. The standard InChI is InChI=1S/C12H16ClN3O3S/c1-4-16(6-5-9(17)19-2)11(18)10-8(13)7-14-12(15-10)20-3/h7H,4-6H2,1-3H3. The molecule has 1 heterocycles. The number of hydrogen-bond acceptors (Lipinski definition) is 6. The van der Waals surface area contributed by atoms with E-state index in [0.29, 0.717) is 11.7 Å². The van der Waals surface area contributed by atoms with E-state index in [0.717, 1.165) is 0 Å². The zero-order valence-corrected chi connectivity index (χ0v) is 13.1. The fourth-order valence-electron chi connectivity index (χ4n) is 1.48. The molecule has 8 heteroatoms. The van der Waals surface area contributed by atoms with Gasteiger partial charge in [0.25, 0.3) is 5.91 Å². The molecule has 1 aromatic rings. The molecule has 0 aliphatic rings. The van der Waals surface area contributed by atoms with Crippen LogP contribution in [0.1, 0.15) is 23.8 Å². The van der Waals surface area contributed by atoms with Crippen LogP contribution in [0.15, 0.2) is 11.4 Å². The maximum absolute atomic E-state index is 12.4. The average molecular weight is 318 g/mol. The van der Waals surface area contributed by atoms with Gasteiger partial charge >= 0.3 is 5.97 Å². The van der Waals surface area contributed by atoms with Crippen LogP contribution in [-0.4, -0.2) is 53.2 Å². The Morgan fingerprint density at radius 1 is 1.50 bits per heavy atom. The lowest BCUT2D eigenvalue weighted by atomic mass is 10.3. The van der Waals surface area contributed by atoms with Gasteiger partial charge in [0.15, 0.2) is 10.9 Å². The molecule has 6 nitrogen and oxygen atoms in total. The van der Waals surface area contributed by atoms with Gasteiger partial charge in [-0.2, -0.15) is 0 Å². The maximum atomic E-state index is 12.4. The Labute approximate surface area is 126 Å². The first-order valence-electron chi connectivity index (χ1n) is 5.96. The number of methoxy groups -OCH3 is 1. The summed E-state index contributed by atoms with van der Waals surface area (Å²) in [6.07, 6.45) is 3.35. The molecule has 0 bridgehead atoms. The van der Waals surface area contributed by atoms with E-state index in [4.69, 9.17) is 11.6 Å². The van der Waals surface area contributed by atoms with Crippen LogP contribution < -0.4 is 0 Å². The minimum Gasteiger partial charge on any atom is -0.469 e. The highest BCUT2D eigenvalue weighted by atomic mass is 35.5. The van der Waals surface area contributed by atoms with Crippen molar-refractivity contribution < 1.29 is 14.3 Å². The maximum Gasteiger partial charge on any atom is 0.307 e. The Hall–Kier alpha value is -1.34. The number of carbonyl (C=O) groups is 2. The van der Waals surface area contributed by atoms with Gasteiger partial charge in [-0.1, -0.05) is 23.4 Å². The van der Waals surface area contributed by atoms with Crippen molar-refractivity contribution in [1.82, 2.24) is 14.9 Å². The number of halogens is 1. The summed E-state index contributed by atoms with van der Waals surface area (Å²) < 4.78 is 4.56. The molecular formula is C12H16ClN3O3S. The first-order chi connectivity index (χ1) is 9.53. The van der Waals surface area contributed by atoms with Crippen molar-refractivity contribution in [3.8, 4) is 0 Å². The summed E-state index contributed by atoms with van der Waals surface area (Å²) >= 11 is 7.29. The Morgan fingerprint density at radius 2 is 2.20 bits per heavy atom. The number of thioether (sulfide) groups is 1. The molecule has 1 aromatic heterocycles. The van der Waals surface area contributed by atoms with Crippen molar-refractivity contribution in [3.63, 3.8) is 0 Å². The van der Waals surface area contributed by atoms with Crippen molar-refractivity contribution >= 4 is 35.2 Å². The lowest BCUT2D eigenvalue weighted by Crippen LogP contribution is -2.34. The first-order valence-corrected chi connectivity index (χ1v) is 7.56. The molecule has 0 saturated heterocycles. The van der Waals surface area contributed by atoms with Gasteiger partial charge < -0.3 is 9.64 Å². The van der Waals surface area contributed by atoms with E-state index in [2.05, 4.69) is 14.7 Å². The third-order valence-corrected chi connectivity index (χ3v) is 3.43. The number of amides is 1. The molecule has 0 aromatic carbocycles. The van der Waals surface area contributed by atoms with E-state index in [1.54, 1.807) is 0 Å². The summed E-state index contributed by atoms with van der Waals surface area (Å²) in [7, 11) is 1.31. The molecule has 0 atom stereocenters. The van der Waals surface area contributed by atoms with Crippen LogP contribution in [0.2, 0.25) is 5.02 Å². The number of hydrogen-bond donors (Lipinski definition) is 0. The summed E-state index contributed by atoms with van der Waals surface area (Å²) in [5.41, 5.74) is 0.151. The fourth-order valence-corrected chi connectivity index (χ4v) is 1.99. The number of carbonyl (C=O) groups excluding carboxylic acids is 2. The Kier molecular flexibility index (Phi) is 6.74. The second kappa shape index (κ2) is 8.06. The number of esters is 1. The smallest absolute Gasteiger partial charge is 0.307 e. The van der Waals surface area contributed by atoms with Gasteiger partial charge in [-0.05, 0) is 13.2 Å². The normalized spacial score (nSPS) is 10.2. The van der Waals surface area contributed by atoms with Gasteiger partial charge in [-0.15, -0.1) is 0 Å². The summed E-state index contributed by atoms with van der Waals surface area (Å²) in [5, 5.41) is 0.672. The van der Waals surface area contributed by atoms with Crippen LogP contribution in [0.5, 0.6) is 0 Å². The van der Waals surface area contributed by atoms with E-state index in [1.807, 2.05) is 13.2 Å². The van der Waals surface area contributed by atoms with Gasteiger partial charge in [0.05, 0.1) is 24.8 Å². The number of ether oxygens (including phenoxy) is 1. The summed E-state index contributed by atoms with van der Waals surface area (Å²) in [6, 6.07) is 0. The van der Waals surface area contributed by atoms with Gasteiger partial charge in [-0.3, -0.25) is 9.59 Å². The van der Waals surface area contributed by atoms with E-state index in [-0.39, 0.29) is 35.6 Å². The molecule has 1 amide bonds. The molecule has 0 radical (unpaired) electrons. The molecule has 0 unspecified atom stereocenters. The SMILES string of the molecule is CCN(CCC(=O)OC)C(=O)c1nc(SC)ncc1Cl. The average Bonchev–Trinajstić information content (AvgIpc) is 2.47. The minimum absolute atomic E-state index is 0.133. The molecule has 1 rings (SSSR count). The quantitative estimate of drug-likeness (QED) is 0.453. The summed E-state index contributed by atoms with van der Waals surface area (Å²) in [5.74, 6) is -0.686. The van der Waals surface area contributed by atoms with E-state index < -0.39 is 0 Å².